The van der Waals surface area contributed by atoms with E-state index < -0.39 is 15.6 Å². The van der Waals surface area contributed by atoms with Gasteiger partial charge < -0.3 is 10.0 Å². The standard InChI is InChI=1S/C26H29ClN4O4S/c1-17-8-6-9-18(2)23(17)21-15-22(27)29-25(28-21)30-36(34,35)20-11-7-10-19(14-20)24(32)31-13-5-4-12-26(3,33)16-31/h6-11,14-15,33H,4-5,12-13,16H2,1-3H3,(H,28,29,30). The number of anilines is 1. The first-order valence-electron chi connectivity index (χ1n) is 11.7. The third kappa shape index (κ3) is 5.86. The van der Waals surface area contributed by atoms with Crippen LogP contribution >= 0.6 is 11.6 Å². The molecule has 2 aromatic carbocycles. The van der Waals surface area contributed by atoms with Crippen LogP contribution in [0.1, 0.15) is 47.7 Å². The van der Waals surface area contributed by atoms with Crippen molar-refractivity contribution in [2.75, 3.05) is 17.8 Å². The minimum atomic E-state index is -4.12. The summed E-state index contributed by atoms with van der Waals surface area (Å²) in [7, 11) is -4.12. The SMILES string of the molecule is Cc1cccc(C)c1-c1cc(Cl)nc(NS(=O)(=O)c2cccc(C(=O)N3CCCCC(C)(O)C3)c2)n1. The van der Waals surface area contributed by atoms with Crippen LogP contribution in [0.3, 0.4) is 0 Å². The highest BCUT2D eigenvalue weighted by Crippen LogP contribution is 2.29. The van der Waals surface area contributed by atoms with Crippen LogP contribution in [-0.2, 0) is 10.0 Å². The van der Waals surface area contributed by atoms with E-state index in [1.165, 1.54) is 18.2 Å². The summed E-state index contributed by atoms with van der Waals surface area (Å²) in [5.41, 5.74) is 2.53. The van der Waals surface area contributed by atoms with Gasteiger partial charge in [0, 0.05) is 30.3 Å². The molecular weight excluding hydrogens is 500 g/mol. The molecule has 1 aliphatic rings. The first kappa shape index (κ1) is 26.1. The van der Waals surface area contributed by atoms with Crippen molar-refractivity contribution in [3.63, 3.8) is 0 Å². The Balaban J connectivity index is 1.62. The molecule has 36 heavy (non-hydrogen) atoms. The van der Waals surface area contributed by atoms with Crippen LogP contribution in [0, 0.1) is 13.8 Å². The number of carbonyl (C=O) groups is 1. The van der Waals surface area contributed by atoms with Crippen LogP contribution in [0.25, 0.3) is 11.3 Å². The fourth-order valence-corrected chi connectivity index (χ4v) is 5.69. The lowest BCUT2D eigenvalue weighted by atomic mass is 10.00. The van der Waals surface area contributed by atoms with Gasteiger partial charge in [0.1, 0.15) is 5.15 Å². The molecule has 10 heteroatoms. The zero-order chi connectivity index (χ0) is 26.1. The second kappa shape index (κ2) is 10.2. The van der Waals surface area contributed by atoms with E-state index in [0.29, 0.717) is 18.7 Å². The smallest absolute Gasteiger partial charge is 0.264 e. The van der Waals surface area contributed by atoms with Gasteiger partial charge in [-0.15, -0.1) is 0 Å². The monoisotopic (exact) mass is 528 g/mol. The number of β-amino-alcohol motifs (C(OH)–C–C–N with tert-alkyl or cyclic N) is 1. The molecule has 1 aromatic heterocycles. The Labute approximate surface area is 216 Å². The van der Waals surface area contributed by atoms with Crippen LogP contribution < -0.4 is 4.72 Å². The number of rotatable bonds is 5. The molecule has 2 heterocycles. The first-order chi connectivity index (χ1) is 16.9. The van der Waals surface area contributed by atoms with Gasteiger partial charge >= 0.3 is 0 Å². The highest BCUT2D eigenvalue weighted by Gasteiger charge is 2.30. The van der Waals surface area contributed by atoms with Gasteiger partial charge in [0.15, 0.2) is 0 Å². The molecule has 1 amide bonds. The third-order valence-corrected chi connectivity index (χ3v) is 7.78. The highest BCUT2D eigenvalue weighted by molar-refractivity contribution is 7.92. The summed E-state index contributed by atoms with van der Waals surface area (Å²) in [6.45, 7) is 6.28. The molecule has 0 spiro atoms. The van der Waals surface area contributed by atoms with Crippen molar-refractivity contribution < 1.29 is 18.3 Å². The predicted molar refractivity (Wildman–Crippen MR) is 140 cm³/mol. The van der Waals surface area contributed by atoms with Gasteiger partial charge in [0.2, 0.25) is 5.95 Å². The van der Waals surface area contributed by atoms with Gasteiger partial charge in [-0.3, -0.25) is 4.79 Å². The minimum absolute atomic E-state index is 0.0949. The van der Waals surface area contributed by atoms with E-state index in [1.807, 2.05) is 32.0 Å². The zero-order valence-corrected chi connectivity index (χ0v) is 22.0. The number of aliphatic hydroxyl groups is 1. The maximum absolute atomic E-state index is 13.2. The molecule has 4 rings (SSSR count). The Morgan fingerprint density at radius 2 is 1.78 bits per heavy atom. The Morgan fingerprint density at radius 3 is 2.50 bits per heavy atom. The molecule has 1 atom stereocenters. The van der Waals surface area contributed by atoms with Gasteiger partial charge in [-0.1, -0.05) is 35.9 Å². The number of carbonyl (C=O) groups excluding carboxylic acids is 1. The lowest BCUT2D eigenvalue weighted by molar-refractivity contribution is 0.0215. The number of hydrogen-bond acceptors (Lipinski definition) is 6. The van der Waals surface area contributed by atoms with E-state index in [9.17, 15) is 18.3 Å². The fourth-order valence-electron chi connectivity index (χ4n) is 4.52. The number of nitrogens with zero attached hydrogens (tertiary/aromatic N) is 3. The molecule has 1 unspecified atom stereocenters. The summed E-state index contributed by atoms with van der Waals surface area (Å²) in [6, 6.07) is 13.2. The van der Waals surface area contributed by atoms with Crippen LogP contribution in [0.4, 0.5) is 5.95 Å². The number of likely N-dealkylation sites (tertiary alicyclic amines) is 1. The highest BCUT2D eigenvalue weighted by atomic mass is 35.5. The van der Waals surface area contributed by atoms with Crippen LogP contribution in [0.5, 0.6) is 0 Å². The normalized spacial score (nSPS) is 18.5. The molecule has 2 N–H and O–H groups in total. The predicted octanol–water partition coefficient (Wildman–Crippen LogP) is 4.59. The van der Waals surface area contributed by atoms with E-state index in [2.05, 4.69) is 14.7 Å². The van der Waals surface area contributed by atoms with Gasteiger partial charge in [0.05, 0.1) is 16.2 Å². The van der Waals surface area contributed by atoms with Crippen LogP contribution in [-0.4, -0.2) is 53.0 Å². The van der Waals surface area contributed by atoms with Gasteiger partial charge in [-0.25, -0.2) is 23.1 Å². The number of aryl methyl sites for hydroxylation is 2. The topological polar surface area (TPSA) is 112 Å². The Bertz CT molecular complexity index is 1390. The number of amides is 1. The Morgan fingerprint density at radius 1 is 1.08 bits per heavy atom. The summed E-state index contributed by atoms with van der Waals surface area (Å²) in [5.74, 6) is -0.494. The second-order valence-corrected chi connectivity index (χ2v) is 11.6. The van der Waals surface area contributed by atoms with E-state index in [0.717, 1.165) is 29.5 Å². The maximum Gasteiger partial charge on any atom is 0.264 e. The number of hydrogen-bond donors (Lipinski definition) is 2. The molecule has 0 radical (unpaired) electrons. The van der Waals surface area contributed by atoms with Crippen molar-refractivity contribution >= 4 is 33.5 Å². The number of aromatic nitrogens is 2. The number of sulfonamides is 1. The minimum Gasteiger partial charge on any atom is -0.388 e. The average molecular weight is 529 g/mol. The second-order valence-electron chi connectivity index (χ2n) is 9.48. The zero-order valence-electron chi connectivity index (χ0n) is 20.5. The van der Waals surface area contributed by atoms with Crippen molar-refractivity contribution in [1.82, 2.24) is 14.9 Å². The molecule has 8 nitrogen and oxygen atoms in total. The number of benzene rings is 2. The molecule has 0 aliphatic carbocycles. The third-order valence-electron chi connectivity index (χ3n) is 6.26. The molecule has 0 bridgehead atoms. The van der Waals surface area contributed by atoms with E-state index in [-0.39, 0.29) is 34.0 Å². The van der Waals surface area contributed by atoms with Crippen molar-refractivity contribution in [3.8, 4) is 11.3 Å². The largest absolute Gasteiger partial charge is 0.388 e. The maximum atomic E-state index is 13.2. The molecule has 1 saturated heterocycles. The Kier molecular flexibility index (Phi) is 7.36. The number of nitrogens with one attached hydrogen (secondary N) is 1. The van der Waals surface area contributed by atoms with Gasteiger partial charge in [-0.05, 0) is 69.4 Å². The quantitative estimate of drug-likeness (QED) is 0.468. The van der Waals surface area contributed by atoms with Gasteiger partial charge in [0.25, 0.3) is 15.9 Å². The van der Waals surface area contributed by atoms with Crippen molar-refractivity contribution in [2.45, 2.75) is 50.5 Å². The van der Waals surface area contributed by atoms with Crippen molar-refractivity contribution in [3.05, 3.63) is 70.4 Å². The molecule has 1 aliphatic heterocycles. The number of halogens is 1. The Hall–Kier alpha value is -3.01. The van der Waals surface area contributed by atoms with Crippen molar-refractivity contribution in [1.29, 1.82) is 0 Å². The molecule has 3 aromatic rings. The fraction of sp³-hybridized carbons (Fsp3) is 0.346. The molecule has 190 valence electrons. The lowest BCUT2D eigenvalue weighted by Gasteiger charge is -2.28. The van der Waals surface area contributed by atoms with Crippen molar-refractivity contribution in [2.24, 2.45) is 0 Å². The lowest BCUT2D eigenvalue weighted by Crippen LogP contribution is -2.42. The molecular formula is C26H29ClN4O4S. The summed E-state index contributed by atoms with van der Waals surface area (Å²) in [6.07, 6.45) is 2.20. The molecule has 1 fully saturated rings. The first-order valence-corrected chi connectivity index (χ1v) is 13.6. The van der Waals surface area contributed by atoms with E-state index >= 15 is 0 Å². The summed E-state index contributed by atoms with van der Waals surface area (Å²) in [5, 5.41) is 10.6. The van der Waals surface area contributed by atoms with Crippen LogP contribution in [0.2, 0.25) is 5.15 Å². The van der Waals surface area contributed by atoms with Gasteiger partial charge in [-0.2, -0.15) is 0 Å². The van der Waals surface area contributed by atoms with E-state index in [4.69, 9.17) is 11.6 Å². The summed E-state index contributed by atoms with van der Waals surface area (Å²) >= 11 is 6.21. The molecule has 0 saturated carbocycles. The van der Waals surface area contributed by atoms with Crippen LogP contribution in [0.15, 0.2) is 53.4 Å². The summed E-state index contributed by atoms with van der Waals surface area (Å²) in [4.78, 5) is 23.1. The summed E-state index contributed by atoms with van der Waals surface area (Å²) < 4.78 is 28.8. The average Bonchev–Trinajstić information content (AvgIpc) is 2.98. The van der Waals surface area contributed by atoms with E-state index in [1.54, 1.807) is 24.0 Å².